The summed E-state index contributed by atoms with van der Waals surface area (Å²) in [7, 11) is -5.14. The lowest BCUT2D eigenvalue weighted by Gasteiger charge is -2.13. The second-order valence-corrected chi connectivity index (χ2v) is 9.03. The van der Waals surface area contributed by atoms with Gasteiger partial charge < -0.3 is 9.47 Å². The molecule has 0 saturated carbocycles. The fraction of sp³-hybridized carbons (Fsp3) is 0.333. The zero-order valence-electron chi connectivity index (χ0n) is 14.3. The second kappa shape index (κ2) is 7.56. The summed E-state index contributed by atoms with van der Waals surface area (Å²) in [5, 5.41) is 0. The van der Waals surface area contributed by atoms with Crippen LogP contribution in [0.2, 0.25) is 0 Å². The monoisotopic (exact) mass is 402 g/mol. The van der Waals surface area contributed by atoms with E-state index in [2.05, 4.69) is 9.97 Å². The standard InChI is InChI=1S/C15H18N2O7S2/c1-23-12-8-14(26(20,21)22)13(24-2)7-10(12)6-11-4-5-16-15(17-11)9-25(3,18)19/h4-5,7-8H,6,9H2,1-3H3,(H,20,21,22). The smallest absolute Gasteiger partial charge is 0.298 e. The molecule has 26 heavy (non-hydrogen) atoms. The van der Waals surface area contributed by atoms with E-state index in [1.807, 2.05) is 0 Å². The van der Waals surface area contributed by atoms with E-state index in [-0.39, 0.29) is 29.5 Å². The minimum absolute atomic E-state index is 0.0475. The average Bonchev–Trinajstić information content (AvgIpc) is 2.52. The molecular formula is C15H18N2O7S2. The van der Waals surface area contributed by atoms with Crippen molar-refractivity contribution in [2.24, 2.45) is 0 Å². The molecule has 1 aromatic heterocycles. The van der Waals surface area contributed by atoms with Gasteiger partial charge >= 0.3 is 0 Å². The largest absolute Gasteiger partial charge is 0.496 e. The lowest BCUT2D eigenvalue weighted by atomic mass is 10.1. The van der Waals surface area contributed by atoms with Crippen molar-refractivity contribution >= 4 is 20.0 Å². The summed E-state index contributed by atoms with van der Waals surface area (Å²) in [6, 6.07) is 4.18. The minimum Gasteiger partial charge on any atom is -0.496 e. The molecule has 0 spiro atoms. The van der Waals surface area contributed by atoms with Gasteiger partial charge in [-0.3, -0.25) is 4.55 Å². The van der Waals surface area contributed by atoms with Gasteiger partial charge in [-0.15, -0.1) is 0 Å². The van der Waals surface area contributed by atoms with Crippen LogP contribution in [0.5, 0.6) is 11.5 Å². The summed E-state index contributed by atoms with van der Waals surface area (Å²) in [6.45, 7) is 0. The topological polar surface area (TPSA) is 133 Å². The van der Waals surface area contributed by atoms with Crippen LogP contribution in [0.4, 0.5) is 0 Å². The van der Waals surface area contributed by atoms with E-state index in [1.165, 1.54) is 26.5 Å². The summed E-state index contributed by atoms with van der Waals surface area (Å²) >= 11 is 0. The number of nitrogens with zero attached hydrogens (tertiary/aromatic N) is 2. The van der Waals surface area contributed by atoms with Crippen LogP contribution in [-0.4, -0.2) is 51.8 Å². The first-order valence-corrected chi connectivity index (χ1v) is 10.7. The molecule has 0 fully saturated rings. The van der Waals surface area contributed by atoms with Gasteiger partial charge in [0.2, 0.25) is 0 Å². The van der Waals surface area contributed by atoms with Crippen molar-refractivity contribution in [2.45, 2.75) is 17.1 Å². The highest BCUT2D eigenvalue weighted by Gasteiger charge is 2.21. The number of aromatic nitrogens is 2. The van der Waals surface area contributed by atoms with Crippen molar-refractivity contribution in [3.8, 4) is 11.5 Å². The number of methoxy groups -OCH3 is 2. The molecule has 1 aromatic carbocycles. The Hall–Kier alpha value is -2.24. The molecule has 0 saturated heterocycles. The van der Waals surface area contributed by atoms with Crippen LogP contribution in [0.25, 0.3) is 0 Å². The van der Waals surface area contributed by atoms with Gasteiger partial charge in [-0.2, -0.15) is 8.42 Å². The molecule has 1 N–H and O–H groups in total. The first-order chi connectivity index (χ1) is 12.0. The number of hydrogen-bond acceptors (Lipinski definition) is 8. The number of hydrogen-bond donors (Lipinski definition) is 1. The Balaban J connectivity index is 2.45. The number of ether oxygens (including phenoxy) is 2. The third kappa shape index (κ3) is 5.13. The van der Waals surface area contributed by atoms with Crippen LogP contribution in [0.3, 0.4) is 0 Å². The van der Waals surface area contributed by atoms with Crippen LogP contribution in [0.1, 0.15) is 17.1 Å². The molecule has 0 bridgehead atoms. The third-order valence-electron chi connectivity index (χ3n) is 3.37. The normalized spacial score (nSPS) is 12.0. The minimum atomic E-state index is -4.49. The zero-order chi connectivity index (χ0) is 19.5. The van der Waals surface area contributed by atoms with Gasteiger partial charge in [-0.1, -0.05) is 0 Å². The average molecular weight is 402 g/mol. The maximum absolute atomic E-state index is 11.5. The zero-order valence-corrected chi connectivity index (χ0v) is 16.0. The molecule has 0 atom stereocenters. The quantitative estimate of drug-likeness (QED) is 0.670. The Morgan fingerprint density at radius 3 is 2.27 bits per heavy atom. The van der Waals surface area contributed by atoms with Gasteiger partial charge in [0.25, 0.3) is 10.1 Å². The molecule has 0 aliphatic carbocycles. The van der Waals surface area contributed by atoms with Crippen LogP contribution < -0.4 is 9.47 Å². The van der Waals surface area contributed by atoms with E-state index in [9.17, 15) is 21.4 Å². The summed E-state index contributed by atoms with van der Waals surface area (Å²) in [6.07, 6.45) is 2.74. The summed E-state index contributed by atoms with van der Waals surface area (Å²) < 4.78 is 65.2. The molecule has 9 nitrogen and oxygen atoms in total. The third-order valence-corrected chi connectivity index (χ3v) is 5.03. The Morgan fingerprint density at radius 2 is 1.73 bits per heavy atom. The highest BCUT2D eigenvalue weighted by molar-refractivity contribution is 7.89. The highest BCUT2D eigenvalue weighted by atomic mass is 32.2. The summed E-state index contributed by atoms with van der Waals surface area (Å²) in [4.78, 5) is 7.72. The maximum atomic E-state index is 11.5. The molecule has 2 aromatic rings. The fourth-order valence-electron chi connectivity index (χ4n) is 2.31. The summed E-state index contributed by atoms with van der Waals surface area (Å²) in [5.74, 6) is 0.0316. The molecule has 0 amide bonds. The molecule has 142 valence electrons. The lowest BCUT2D eigenvalue weighted by molar-refractivity contribution is 0.385. The van der Waals surface area contributed by atoms with Crippen LogP contribution in [0.15, 0.2) is 29.3 Å². The predicted octanol–water partition coefficient (Wildman–Crippen LogP) is 0.876. The Morgan fingerprint density at radius 1 is 1.08 bits per heavy atom. The van der Waals surface area contributed by atoms with Crippen LogP contribution in [-0.2, 0) is 32.1 Å². The molecule has 2 rings (SSSR count). The summed E-state index contributed by atoms with van der Waals surface area (Å²) in [5.41, 5.74) is 1.05. The Labute approximate surface area is 151 Å². The molecule has 0 radical (unpaired) electrons. The molecule has 0 aliphatic heterocycles. The van der Waals surface area contributed by atoms with Crippen molar-refractivity contribution < 1.29 is 30.9 Å². The van der Waals surface area contributed by atoms with Gasteiger partial charge in [0.1, 0.15) is 28.0 Å². The van der Waals surface area contributed by atoms with E-state index in [0.29, 0.717) is 11.3 Å². The first kappa shape index (κ1) is 20.1. The van der Waals surface area contributed by atoms with Gasteiger partial charge in [0, 0.05) is 36.2 Å². The van der Waals surface area contributed by atoms with Crippen molar-refractivity contribution in [1.82, 2.24) is 9.97 Å². The fourth-order valence-corrected chi connectivity index (χ4v) is 3.57. The van der Waals surface area contributed by atoms with Crippen LogP contribution >= 0.6 is 0 Å². The van der Waals surface area contributed by atoms with Crippen molar-refractivity contribution in [3.05, 3.63) is 41.5 Å². The van der Waals surface area contributed by atoms with Gasteiger partial charge in [0.05, 0.1) is 14.2 Å². The second-order valence-electron chi connectivity index (χ2n) is 5.50. The van der Waals surface area contributed by atoms with Crippen molar-refractivity contribution in [3.63, 3.8) is 0 Å². The van der Waals surface area contributed by atoms with E-state index >= 15 is 0 Å². The van der Waals surface area contributed by atoms with Gasteiger partial charge in [-0.05, 0) is 12.1 Å². The Kier molecular flexibility index (Phi) is 5.84. The maximum Gasteiger partial charge on any atom is 0.298 e. The van der Waals surface area contributed by atoms with Crippen molar-refractivity contribution in [2.75, 3.05) is 20.5 Å². The molecule has 11 heteroatoms. The molecular weight excluding hydrogens is 384 g/mol. The van der Waals surface area contributed by atoms with Crippen LogP contribution in [0, 0.1) is 0 Å². The molecule has 1 heterocycles. The molecule has 0 unspecified atom stereocenters. The van der Waals surface area contributed by atoms with E-state index in [0.717, 1.165) is 12.3 Å². The lowest BCUT2D eigenvalue weighted by Crippen LogP contribution is -2.08. The first-order valence-electron chi connectivity index (χ1n) is 7.24. The predicted molar refractivity (Wildman–Crippen MR) is 92.7 cm³/mol. The Bertz CT molecular complexity index is 1020. The van der Waals surface area contributed by atoms with E-state index in [4.69, 9.17) is 9.47 Å². The van der Waals surface area contributed by atoms with E-state index in [1.54, 1.807) is 6.07 Å². The number of benzene rings is 1. The molecule has 0 aliphatic rings. The number of sulfone groups is 1. The number of rotatable bonds is 7. The van der Waals surface area contributed by atoms with Crippen molar-refractivity contribution in [1.29, 1.82) is 0 Å². The highest BCUT2D eigenvalue weighted by Crippen LogP contribution is 2.33. The van der Waals surface area contributed by atoms with Gasteiger partial charge in [-0.25, -0.2) is 18.4 Å². The SMILES string of the molecule is COc1cc(S(=O)(=O)O)c(OC)cc1Cc1ccnc(CS(C)(=O)=O)n1. The van der Waals surface area contributed by atoms with Gasteiger partial charge in [0.15, 0.2) is 9.84 Å². The van der Waals surface area contributed by atoms with E-state index < -0.39 is 24.9 Å².